The van der Waals surface area contributed by atoms with Crippen LogP contribution in [0.5, 0.6) is 5.75 Å². The van der Waals surface area contributed by atoms with Gasteiger partial charge in [0.15, 0.2) is 0 Å². The lowest BCUT2D eigenvalue weighted by atomic mass is 9.92. The quantitative estimate of drug-likeness (QED) is 0.700. The maximum absolute atomic E-state index is 5.84. The maximum Gasteiger partial charge on any atom is 0.121 e. The lowest BCUT2D eigenvalue weighted by Crippen LogP contribution is -2.49. The van der Waals surface area contributed by atoms with E-state index in [1.807, 2.05) is 7.11 Å². The van der Waals surface area contributed by atoms with E-state index in [1.165, 1.54) is 16.3 Å². The molecule has 0 radical (unpaired) electrons. The van der Waals surface area contributed by atoms with E-state index in [0.29, 0.717) is 0 Å². The van der Waals surface area contributed by atoms with Crippen LogP contribution in [0.3, 0.4) is 0 Å². The number of rotatable bonds is 3. The van der Waals surface area contributed by atoms with E-state index >= 15 is 0 Å². The Morgan fingerprint density at radius 1 is 0.864 bits per heavy atom. The predicted molar refractivity (Wildman–Crippen MR) is 100.0 cm³/mol. The second kappa shape index (κ2) is 6.03. The highest BCUT2D eigenvalue weighted by atomic mass is 28.3. The standard InChI is InChI=1S/C20H34OSi/c1-12-10-13(2)19(21-7)18(11-12)22(8,9)20-16(5)14(3)15(4)17(20)6/h10-11,14-17,20H,1-9H3. The topological polar surface area (TPSA) is 9.23 Å². The molecule has 0 spiro atoms. The van der Waals surface area contributed by atoms with Gasteiger partial charge in [-0.3, -0.25) is 0 Å². The number of methoxy groups -OCH3 is 1. The van der Waals surface area contributed by atoms with Gasteiger partial charge in [-0.1, -0.05) is 58.5 Å². The second-order valence-corrected chi connectivity index (χ2v) is 13.0. The number of benzene rings is 1. The molecule has 22 heavy (non-hydrogen) atoms. The molecule has 0 heterocycles. The summed E-state index contributed by atoms with van der Waals surface area (Å²) in [6.45, 7) is 19.4. The Morgan fingerprint density at radius 3 is 1.82 bits per heavy atom. The molecule has 2 heteroatoms. The lowest BCUT2D eigenvalue weighted by molar-refractivity contribution is 0.352. The zero-order chi connectivity index (χ0) is 16.8. The maximum atomic E-state index is 5.84. The van der Waals surface area contributed by atoms with Crippen LogP contribution >= 0.6 is 0 Å². The molecular weight excluding hydrogens is 284 g/mol. The highest BCUT2D eigenvalue weighted by Crippen LogP contribution is 2.53. The summed E-state index contributed by atoms with van der Waals surface area (Å²) in [6.07, 6.45) is 0. The monoisotopic (exact) mass is 318 g/mol. The van der Waals surface area contributed by atoms with Crippen LogP contribution in [0, 0.1) is 37.5 Å². The van der Waals surface area contributed by atoms with Gasteiger partial charge in [0, 0.05) is 0 Å². The molecule has 1 aromatic rings. The number of aryl methyl sites for hydroxylation is 2. The third-order valence-electron chi connectivity index (χ3n) is 6.77. The molecule has 1 saturated carbocycles. The van der Waals surface area contributed by atoms with Crippen molar-refractivity contribution in [1.82, 2.24) is 0 Å². The Morgan fingerprint density at radius 2 is 1.36 bits per heavy atom. The molecule has 0 aromatic heterocycles. The van der Waals surface area contributed by atoms with Crippen LogP contribution < -0.4 is 9.92 Å². The van der Waals surface area contributed by atoms with Crippen molar-refractivity contribution in [3.8, 4) is 5.75 Å². The number of hydrogen-bond acceptors (Lipinski definition) is 1. The Balaban J connectivity index is 2.56. The molecule has 0 saturated heterocycles. The summed E-state index contributed by atoms with van der Waals surface area (Å²) in [7, 11) is 0.222. The summed E-state index contributed by atoms with van der Waals surface area (Å²) in [5.74, 6) is 4.40. The van der Waals surface area contributed by atoms with Gasteiger partial charge >= 0.3 is 0 Å². The molecule has 1 aliphatic carbocycles. The van der Waals surface area contributed by atoms with E-state index in [4.69, 9.17) is 4.74 Å². The van der Waals surface area contributed by atoms with Crippen molar-refractivity contribution in [3.63, 3.8) is 0 Å². The van der Waals surface area contributed by atoms with Crippen molar-refractivity contribution in [1.29, 1.82) is 0 Å². The first kappa shape index (κ1) is 17.6. The van der Waals surface area contributed by atoms with Crippen LogP contribution in [0.25, 0.3) is 0 Å². The predicted octanol–water partition coefficient (Wildman–Crippen LogP) is 5.16. The molecule has 0 bridgehead atoms. The Kier molecular flexibility index (Phi) is 4.82. The second-order valence-electron chi connectivity index (χ2n) is 8.35. The zero-order valence-corrected chi connectivity index (χ0v) is 16.9. The normalized spacial score (nSPS) is 32.3. The molecule has 1 fully saturated rings. The first-order valence-electron chi connectivity index (χ1n) is 8.78. The van der Waals surface area contributed by atoms with Gasteiger partial charge in [-0.2, -0.15) is 0 Å². The SMILES string of the molecule is COc1c(C)cc(C)cc1[Si](C)(C)C1C(C)C(C)C(C)C1C. The Hall–Kier alpha value is -0.763. The first-order chi connectivity index (χ1) is 10.1. The number of hydrogen-bond donors (Lipinski definition) is 0. The molecule has 1 aromatic carbocycles. The summed E-state index contributed by atoms with van der Waals surface area (Å²) in [5.41, 5.74) is 3.48. The summed E-state index contributed by atoms with van der Waals surface area (Å²) in [4.78, 5) is 0. The van der Waals surface area contributed by atoms with Crippen molar-refractivity contribution in [3.05, 3.63) is 23.3 Å². The van der Waals surface area contributed by atoms with Crippen molar-refractivity contribution < 1.29 is 4.74 Å². The van der Waals surface area contributed by atoms with Gasteiger partial charge in [0.25, 0.3) is 0 Å². The largest absolute Gasteiger partial charge is 0.497 e. The van der Waals surface area contributed by atoms with E-state index in [9.17, 15) is 0 Å². The zero-order valence-electron chi connectivity index (χ0n) is 15.9. The van der Waals surface area contributed by atoms with Crippen molar-refractivity contribution in [2.24, 2.45) is 23.7 Å². The van der Waals surface area contributed by atoms with Crippen LogP contribution in [0.4, 0.5) is 0 Å². The minimum absolute atomic E-state index is 0.803. The summed E-state index contributed by atoms with van der Waals surface area (Å²) in [6, 6.07) is 4.66. The molecule has 1 aliphatic rings. The fourth-order valence-electron chi connectivity index (χ4n) is 5.29. The van der Waals surface area contributed by atoms with Crippen molar-refractivity contribution in [2.75, 3.05) is 7.11 Å². The first-order valence-corrected chi connectivity index (χ1v) is 11.9. The Bertz CT molecular complexity index is 535. The number of ether oxygens (including phenoxy) is 1. The van der Waals surface area contributed by atoms with E-state index in [2.05, 4.69) is 66.8 Å². The van der Waals surface area contributed by atoms with Gasteiger partial charge in [-0.25, -0.2) is 0 Å². The highest BCUT2D eigenvalue weighted by Gasteiger charge is 2.50. The van der Waals surface area contributed by atoms with Gasteiger partial charge in [0.2, 0.25) is 0 Å². The summed E-state index contributed by atoms with van der Waals surface area (Å²) in [5, 5.41) is 1.53. The fraction of sp³-hybridized carbons (Fsp3) is 0.700. The average Bonchev–Trinajstić information content (AvgIpc) is 2.62. The van der Waals surface area contributed by atoms with Crippen LogP contribution in [0.2, 0.25) is 18.6 Å². The van der Waals surface area contributed by atoms with Crippen LogP contribution in [-0.4, -0.2) is 15.2 Å². The minimum atomic E-state index is -1.61. The summed E-state index contributed by atoms with van der Waals surface area (Å²) < 4.78 is 5.84. The van der Waals surface area contributed by atoms with Gasteiger partial charge < -0.3 is 4.74 Å². The van der Waals surface area contributed by atoms with E-state index in [1.54, 1.807) is 0 Å². The third-order valence-corrected chi connectivity index (χ3v) is 11.2. The van der Waals surface area contributed by atoms with E-state index < -0.39 is 8.07 Å². The van der Waals surface area contributed by atoms with Crippen molar-refractivity contribution >= 4 is 13.3 Å². The van der Waals surface area contributed by atoms with Gasteiger partial charge in [-0.15, -0.1) is 0 Å². The van der Waals surface area contributed by atoms with Gasteiger partial charge in [-0.05, 0) is 53.8 Å². The van der Waals surface area contributed by atoms with Gasteiger partial charge in [0.05, 0.1) is 15.2 Å². The lowest BCUT2D eigenvalue weighted by Gasteiger charge is -2.38. The van der Waals surface area contributed by atoms with E-state index in [0.717, 1.165) is 35.0 Å². The third kappa shape index (κ3) is 2.64. The van der Waals surface area contributed by atoms with Gasteiger partial charge in [0.1, 0.15) is 5.75 Å². The Labute approximate surface area is 138 Å². The molecular formula is C20H34OSi. The molecule has 4 unspecified atom stereocenters. The molecule has 124 valence electrons. The fourth-order valence-corrected chi connectivity index (χ4v) is 10.4. The molecule has 2 rings (SSSR count). The van der Waals surface area contributed by atoms with E-state index in [-0.39, 0.29) is 0 Å². The van der Waals surface area contributed by atoms with Crippen LogP contribution in [0.15, 0.2) is 12.1 Å². The average molecular weight is 319 g/mol. The molecule has 0 N–H and O–H groups in total. The minimum Gasteiger partial charge on any atom is -0.497 e. The summed E-state index contributed by atoms with van der Waals surface area (Å²) >= 11 is 0. The molecule has 0 amide bonds. The molecule has 0 aliphatic heterocycles. The van der Waals surface area contributed by atoms with Crippen molar-refractivity contribution in [2.45, 2.75) is 60.2 Å². The van der Waals surface area contributed by atoms with Crippen LogP contribution in [0.1, 0.15) is 38.8 Å². The highest BCUT2D eigenvalue weighted by molar-refractivity contribution is 6.91. The smallest absolute Gasteiger partial charge is 0.121 e. The molecule has 4 atom stereocenters. The molecule has 1 nitrogen and oxygen atoms in total. The van der Waals surface area contributed by atoms with Crippen LogP contribution in [-0.2, 0) is 0 Å².